The summed E-state index contributed by atoms with van der Waals surface area (Å²) in [6.45, 7) is 15.0. The van der Waals surface area contributed by atoms with Crippen LogP contribution in [0.5, 0.6) is 0 Å². The van der Waals surface area contributed by atoms with E-state index in [0.29, 0.717) is 54.7 Å². The summed E-state index contributed by atoms with van der Waals surface area (Å²) < 4.78 is 61.5. The summed E-state index contributed by atoms with van der Waals surface area (Å²) in [6.07, 6.45) is -0.315. The van der Waals surface area contributed by atoms with Crippen molar-refractivity contribution in [3.63, 3.8) is 0 Å². The number of carboxylic acids is 1. The van der Waals surface area contributed by atoms with E-state index in [0.717, 1.165) is 18.9 Å². The Bertz CT molecular complexity index is 3050. The molecular weight excluding hydrogens is 1110 g/mol. The number of pyridine rings is 2. The third-order valence-electron chi connectivity index (χ3n) is 16.9. The van der Waals surface area contributed by atoms with Gasteiger partial charge >= 0.3 is 24.1 Å². The Balaban J connectivity index is 1.12. The maximum atomic E-state index is 15.3. The number of unbranched alkanes of at least 4 members (excludes halogenated alkanes) is 1. The Morgan fingerprint density at radius 3 is 2.40 bits per heavy atom. The van der Waals surface area contributed by atoms with Crippen LogP contribution in [-0.2, 0) is 47.6 Å². The van der Waals surface area contributed by atoms with Crippen LogP contribution in [0.4, 0.5) is 14.9 Å². The number of carbonyl (C=O) groups is 5. The molecule has 0 bridgehead atoms. The van der Waals surface area contributed by atoms with E-state index < -0.39 is 113 Å². The molecular formula is C61H84FN7O16. The van der Waals surface area contributed by atoms with Crippen LogP contribution in [-0.4, -0.2) is 175 Å². The number of likely N-dealkylation sites (N-methyl/N-ethyl adjacent to an activating group) is 1. The zero-order valence-electron chi connectivity index (χ0n) is 50.7. The minimum absolute atomic E-state index is 0.00682. The number of anilines is 1. The number of hydrogen-bond donors (Lipinski definition) is 5. The number of cyclic esters (lactones) is 1. The molecule has 3 aromatic rings. The van der Waals surface area contributed by atoms with Crippen molar-refractivity contribution in [3.8, 4) is 11.8 Å². The first kappa shape index (κ1) is 65.8. The van der Waals surface area contributed by atoms with Gasteiger partial charge in [-0.2, -0.15) is 0 Å². The van der Waals surface area contributed by atoms with Crippen LogP contribution in [0.2, 0.25) is 0 Å². The van der Waals surface area contributed by atoms with Gasteiger partial charge in [-0.25, -0.2) is 14.0 Å². The van der Waals surface area contributed by atoms with Gasteiger partial charge in [0, 0.05) is 86.6 Å². The molecule has 1 amide bonds. The number of aliphatic hydroxyl groups is 1. The summed E-state index contributed by atoms with van der Waals surface area (Å²) in [7, 11) is 6.74. The number of carbonyl (C=O) groups excluding carboxylic acids is 4. The van der Waals surface area contributed by atoms with Gasteiger partial charge in [0.2, 0.25) is 5.43 Å². The summed E-state index contributed by atoms with van der Waals surface area (Å²) in [5.41, 5.74) is -2.20. The first-order valence-electron chi connectivity index (χ1n) is 29.3. The van der Waals surface area contributed by atoms with Gasteiger partial charge in [0.25, 0.3) is 5.91 Å². The number of carboxylic acid groups (broad SMARTS) is 1. The predicted octanol–water partition coefficient (Wildman–Crippen LogP) is 6.22. The third-order valence-corrected chi connectivity index (χ3v) is 16.9. The van der Waals surface area contributed by atoms with Crippen LogP contribution in [0, 0.1) is 41.3 Å². The van der Waals surface area contributed by atoms with Crippen molar-refractivity contribution in [2.75, 3.05) is 59.8 Å². The topological polar surface area (TPSA) is 286 Å². The lowest BCUT2D eigenvalue weighted by molar-refractivity contribution is -0.301. The summed E-state index contributed by atoms with van der Waals surface area (Å²) in [5.74, 6) is -1.26. The molecule has 2 aromatic heterocycles. The van der Waals surface area contributed by atoms with Gasteiger partial charge in [-0.3, -0.25) is 24.2 Å². The number of amides is 1. The van der Waals surface area contributed by atoms with Crippen molar-refractivity contribution in [1.29, 1.82) is 0 Å². The molecule has 14 atom stereocenters. The molecule has 7 rings (SSSR count). The molecule has 0 spiro atoms. The molecule has 5 N–H and O–H groups in total. The largest absolute Gasteiger partial charge is 0.509 e. The van der Waals surface area contributed by atoms with E-state index >= 15 is 4.39 Å². The molecule has 3 aliphatic heterocycles. The van der Waals surface area contributed by atoms with Crippen LogP contribution < -0.4 is 21.4 Å². The van der Waals surface area contributed by atoms with Crippen LogP contribution in [0.15, 0.2) is 46.7 Å². The standard InChI is InChI=1S/C61H84FN7O16/c1-13-47-61(8)54(84-59(77)85-61)35(4)49(67-79-24-16-17-38-26-39(31-65-30-38)55(73)63-9)33(2)29-60(7,78-12)53(83-58-51(72)46(68(10)11)25-34(3)80-58)36(5)52(37(6)57(76)81-47)82-48(70)20-23-64-21-14-15-22-66-44-28-45-41(27-43(44)62)50(71)42(56(74)75)32-69(45)40-18-19-40/h26-28,30-37,40,46-47,51-54,58,64,66,72H,13-15,18-25,29H2,1-12H3,(H,63,73)(H,74,75)/b67-49+/t33-,34-,35+,36+,37-,46+,47-,51-,52?,53?,54-,58+,60-,61-/m1/s1. The zero-order valence-corrected chi connectivity index (χ0v) is 50.7. The van der Waals surface area contributed by atoms with Crippen LogP contribution in [0.1, 0.15) is 139 Å². The fraction of sp³-hybridized carbons (Fsp3) is 0.639. The van der Waals surface area contributed by atoms with Gasteiger partial charge < -0.3 is 73.6 Å². The number of fused-ring (bicyclic) bond motifs is 2. The van der Waals surface area contributed by atoms with E-state index in [1.807, 2.05) is 39.8 Å². The van der Waals surface area contributed by atoms with Gasteiger partial charge in [0.05, 0.1) is 52.6 Å². The van der Waals surface area contributed by atoms with E-state index in [2.05, 4.69) is 37.9 Å². The Kier molecular flexibility index (Phi) is 22.2. The van der Waals surface area contributed by atoms with E-state index in [1.165, 1.54) is 32.7 Å². The van der Waals surface area contributed by atoms with Crippen molar-refractivity contribution in [3.05, 3.63) is 69.5 Å². The molecule has 466 valence electrons. The second-order valence-corrected chi connectivity index (χ2v) is 23.5. The SMILES string of the molecule is CC[C@H]1OC(=O)[C@H](C)C(OC(=O)CCNCCCCNc2cc3c(cc2F)c(=O)c(C(=O)O)cn3C2CC2)[C@H](C)C(O[C@@H]2O[C@H](C)C[C@H](N(C)C)[C@H]2O)[C@](C)(OC)C[C@@H](C)/C(=N\OCC#Cc2cncc(C(=O)NC)c2)[C@H](C)[C@H]2OC(=O)O[C@@]21C. The average Bonchev–Trinajstić information content (AvgIpc) is 3.82. The first-order chi connectivity index (χ1) is 40.3. The number of esters is 2. The molecule has 2 unspecified atom stereocenters. The number of nitrogens with one attached hydrogen (secondary N) is 3. The maximum absolute atomic E-state index is 15.3. The first-order valence-corrected chi connectivity index (χ1v) is 29.3. The van der Waals surface area contributed by atoms with Crippen LogP contribution in [0.3, 0.4) is 0 Å². The van der Waals surface area contributed by atoms with E-state index in [4.69, 9.17) is 38.0 Å². The highest BCUT2D eigenvalue weighted by atomic mass is 19.1. The minimum atomic E-state index is -1.55. The number of aromatic nitrogens is 2. The van der Waals surface area contributed by atoms with Gasteiger partial charge in [-0.1, -0.05) is 44.7 Å². The number of oxime groups is 1. The fourth-order valence-electron chi connectivity index (χ4n) is 12.1. The predicted molar refractivity (Wildman–Crippen MR) is 310 cm³/mol. The maximum Gasteiger partial charge on any atom is 0.509 e. The third kappa shape index (κ3) is 15.5. The highest BCUT2D eigenvalue weighted by molar-refractivity contribution is 5.94. The smallest absolute Gasteiger partial charge is 0.477 e. The highest BCUT2D eigenvalue weighted by Crippen LogP contribution is 2.44. The second kappa shape index (κ2) is 28.6. The highest BCUT2D eigenvalue weighted by Gasteiger charge is 2.59. The average molecular weight is 1190 g/mol. The molecule has 23 nitrogen and oxygen atoms in total. The molecule has 0 radical (unpaired) electrons. The molecule has 1 saturated carbocycles. The Hall–Kier alpha value is -6.75. The fourth-order valence-corrected chi connectivity index (χ4v) is 12.1. The van der Waals surface area contributed by atoms with Crippen LogP contribution in [0.25, 0.3) is 10.9 Å². The number of halogens is 1. The monoisotopic (exact) mass is 1190 g/mol. The molecule has 5 heterocycles. The zero-order chi connectivity index (χ0) is 62.1. The lowest BCUT2D eigenvalue weighted by Gasteiger charge is -2.48. The quantitative estimate of drug-likeness (QED) is 0.0276. The number of ether oxygens (including phenoxy) is 7. The Morgan fingerprint density at radius 2 is 1.73 bits per heavy atom. The summed E-state index contributed by atoms with van der Waals surface area (Å²) in [4.78, 5) is 91.2. The second-order valence-electron chi connectivity index (χ2n) is 23.5. The summed E-state index contributed by atoms with van der Waals surface area (Å²) >= 11 is 0. The lowest BCUT2D eigenvalue weighted by atomic mass is 9.73. The van der Waals surface area contributed by atoms with Crippen molar-refractivity contribution >= 4 is 52.3 Å². The molecule has 1 aromatic carbocycles. The summed E-state index contributed by atoms with van der Waals surface area (Å²) in [6, 6.07) is 3.89. The number of benzene rings is 1. The molecule has 85 heavy (non-hydrogen) atoms. The lowest BCUT2D eigenvalue weighted by Crippen LogP contribution is -2.60. The number of aromatic carboxylic acids is 1. The number of nitrogens with zero attached hydrogens (tertiary/aromatic N) is 4. The van der Waals surface area contributed by atoms with E-state index in [9.17, 15) is 39.0 Å². The van der Waals surface area contributed by atoms with Crippen LogP contribution >= 0.6 is 0 Å². The van der Waals surface area contributed by atoms with Crippen molar-refractivity contribution in [1.82, 2.24) is 25.1 Å². The van der Waals surface area contributed by atoms with Gasteiger partial charge in [-0.15, -0.1) is 0 Å². The van der Waals surface area contributed by atoms with E-state index in [1.54, 1.807) is 51.3 Å². The molecule has 4 fully saturated rings. The van der Waals surface area contributed by atoms with Crippen molar-refractivity contribution < 1.29 is 76.6 Å². The minimum Gasteiger partial charge on any atom is -0.477 e. The van der Waals surface area contributed by atoms with Gasteiger partial charge in [0.15, 0.2) is 24.6 Å². The van der Waals surface area contributed by atoms with E-state index in [-0.39, 0.29) is 67.6 Å². The molecule has 1 aliphatic carbocycles. The normalized spacial score (nSPS) is 30.5. The molecule has 24 heteroatoms. The van der Waals surface area contributed by atoms with Gasteiger partial charge in [0.1, 0.15) is 29.7 Å². The number of hydrogen-bond acceptors (Lipinski definition) is 20. The summed E-state index contributed by atoms with van der Waals surface area (Å²) in [5, 5.41) is 35.1. The Morgan fingerprint density at radius 1 is 1.00 bits per heavy atom. The van der Waals surface area contributed by atoms with Crippen molar-refractivity contribution in [2.45, 2.75) is 173 Å². The molecule has 4 aliphatic rings. The number of aliphatic hydroxyl groups excluding tert-OH is 1. The van der Waals surface area contributed by atoms with Crippen molar-refractivity contribution in [2.24, 2.45) is 28.8 Å². The Labute approximate surface area is 495 Å². The molecule has 3 saturated heterocycles. The van der Waals surface area contributed by atoms with Gasteiger partial charge in [-0.05, 0) is 111 Å². The number of methoxy groups -OCH3 is 1. The number of rotatable bonds is 20.